The number of carbonyl (C=O) groups excluding carboxylic acids is 4. The Balaban J connectivity index is 3.49. The Morgan fingerprint density at radius 1 is 0.331 bits per heavy atom. The molecule has 1 rings (SSSR count). The van der Waals surface area contributed by atoms with Gasteiger partial charge in [-0.25, -0.2) is 4.79 Å². The third kappa shape index (κ3) is 69.4. The molecule has 690 valence electrons. The fourth-order valence-electron chi connectivity index (χ4n) is 16.2. The summed E-state index contributed by atoms with van der Waals surface area (Å²) in [6, 6.07) is -2.00. The molecule has 24 heteroatoms. The van der Waals surface area contributed by atoms with Gasteiger partial charge >= 0.3 is 53.8 Å². The molecule has 0 aromatic carbocycles. The first-order valence-corrected chi connectivity index (χ1v) is 48.4. The number of hydrogen-bond acceptors (Lipinski definition) is 18. The van der Waals surface area contributed by atoms with Crippen LogP contribution in [0.3, 0.4) is 0 Å². The predicted octanol–water partition coefficient (Wildman–Crippen LogP) is 20.9. The van der Waals surface area contributed by atoms with Crippen LogP contribution < -0.4 is 10.6 Å². The molecule has 0 bridgehead atoms. The van der Waals surface area contributed by atoms with Gasteiger partial charge in [-0.1, -0.05) is 336 Å². The van der Waals surface area contributed by atoms with Crippen LogP contribution in [-0.2, 0) is 62.0 Å². The third-order valence-corrected chi connectivity index (χ3v) is 23.5. The van der Waals surface area contributed by atoms with E-state index in [1.165, 1.54) is 236 Å². The molecule has 1 aliphatic carbocycles. The molecule has 1 amide bonds. The maximum absolute atomic E-state index is 14.3. The Kier molecular flexibility index (Phi) is 75.4. The molecular weight excluding hydrogens is 1500 g/mol. The average molecular weight is 1680 g/mol. The van der Waals surface area contributed by atoms with Crippen LogP contribution in [0.25, 0.3) is 0 Å². The number of alkyl carbamates (subject to hydrolysis) is 1. The highest BCUT2D eigenvalue weighted by Crippen LogP contribution is 2.29. The van der Waals surface area contributed by atoms with E-state index in [-0.39, 0.29) is 108 Å². The second-order valence-corrected chi connectivity index (χ2v) is 34.4. The SMILES string of the molecule is CCCCCCCCCCCCCCCOC(COC(=O)CCCCCCCCCCCCCCC)C(NCC1CCC(CNC(=O)OCCCC(C(=O)O)N(CCN(CC(=O)O)CC(=O)O)CCN(CC(=O)O)CC(=O)O)CC1)C(COC(=O)CCCCCCCCCCCCCCC)OC(=O)CCCCCCCCCCCCCCC. The third-order valence-electron chi connectivity index (χ3n) is 23.5. The number of carboxylic acids is 5. The van der Waals surface area contributed by atoms with Crippen LogP contribution in [0, 0.1) is 11.8 Å². The molecule has 0 heterocycles. The number of carboxylic acid groups (broad SMARTS) is 5. The van der Waals surface area contributed by atoms with Gasteiger partial charge in [-0.05, 0) is 82.6 Å². The van der Waals surface area contributed by atoms with Crippen LogP contribution in [0.15, 0.2) is 0 Å². The number of hydrogen-bond donors (Lipinski definition) is 7. The second-order valence-electron chi connectivity index (χ2n) is 34.4. The van der Waals surface area contributed by atoms with E-state index in [0.717, 1.165) is 125 Å². The van der Waals surface area contributed by atoms with E-state index >= 15 is 0 Å². The summed E-state index contributed by atoms with van der Waals surface area (Å²) in [4.78, 5) is 118. The Morgan fingerprint density at radius 2 is 0.627 bits per heavy atom. The maximum Gasteiger partial charge on any atom is 0.407 e. The van der Waals surface area contributed by atoms with Crippen LogP contribution in [0.1, 0.15) is 419 Å². The lowest BCUT2D eigenvalue weighted by atomic mass is 9.81. The molecule has 1 saturated carbocycles. The molecule has 4 unspecified atom stereocenters. The van der Waals surface area contributed by atoms with Crippen molar-refractivity contribution in [3.05, 3.63) is 0 Å². The van der Waals surface area contributed by atoms with Crippen LogP contribution >= 0.6 is 0 Å². The van der Waals surface area contributed by atoms with Gasteiger partial charge in [0.05, 0.1) is 38.8 Å². The minimum absolute atomic E-state index is 0.0661. The highest BCUT2D eigenvalue weighted by molar-refractivity contribution is 5.75. The van der Waals surface area contributed by atoms with Crippen molar-refractivity contribution in [1.82, 2.24) is 25.3 Å². The Labute approximate surface area is 715 Å². The van der Waals surface area contributed by atoms with Gasteiger partial charge in [-0.15, -0.1) is 0 Å². The smallest absolute Gasteiger partial charge is 0.407 e. The fraction of sp³-hybridized carbons (Fsp3) is 0.904. The Hall–Kier alpha value is -5.17. The molecule has 118 heavy (non-hydrogen) atoms. The summed E-state index contributed by atoms with van der Waals surface area (Å²) in [6.07, 6.45) is 63.2. The molecule has 0 saturated heterocycles. The van der Waals surface area contributed by atoms with Crippen molar-refractivity contribution >= 4 is 53.8 Å². The number of amides is 1. The first-order valence-electron chi connectivity index (χ1n) is 48.4. The van der Waals surface area contributed by atoms with Crippen LogP contribution in [0.4, 0.5) is 4.79 Å². The summed E-state index contributed by atoms with van der Waals surface area (Å²) >= 11 is 0. The molecule has 0 aliphatic heterocycles. The first-order chi connectivity index (χ1) is 57.3. The molecule has 0 aromatic rings. The average Bonchev–Trinajstić information content (AvgIpc) is 0.843. The molecule has 4 atom stereocenters. The Morgan fingerprint density at radius 3 is 0.949 bits per heavy atom. The number of nitrogens with one attached hydrogen (secondary N) is 2. The number of carbonyl (C=O) groups is 9. The van der Waals surface area contributed by atoms with Gasteiger partial charge < -0.3 is 59.9 Å². The highest BCUT2D eigenvalue weighted by Gasteiger charge is 2.37. The van der Waals surface area contributed by atoms with E-state index in [4.69, 9.17) is 23.7 Å². The van der Waals surface area contributed by atoms with Crippen molar-refractivity contribution in [2.45, 2.75) is 444 Å². The monoisotopic (exact) mass is 1680 g/mol. The number of nitrogens with zero attached hydrogens (tertiary/aromatic N) is 3. The largest absolute Gasteiger partial charge is 0.480 e. The van der Waals surface area contributed by atoms with Gasteiger partial charge in [-0.2, -0.15) is 0 Å². The van der Waals surface area contributed by atoms with Crippen LogP contribution in [0.2, 0.25) is 0 Å². The van der Waals surface area contributed by atoms with E-state index < -0.39 is 86.4 Å². The molecule has 1 aliphatic rings. The van der Waals surface area contributed by atoms with E-state index in [2.05, 4.69) is 38.3 Å². The minimum Gasteiger partial charge on any atom is -0.480 e. The highest BCUT2D eigenvalue weighted by atomic mass is 16.6. The van der Waals surface area contributed by atoms with Crippen molar-refractivity contribution < 1.29 is 92.4 Å². The topological polar surface area (TPSA) is 335 Å². The van der Waals surface area contributed by atoms with Crippen molar-refractivity contribution in [3.63, 3.8) is 0 Å². The summed E-state index contributed by atoms with van der Waals surface area (Å²) in [5, 5.41) is 54.9. The van der Waals surface area contributed by atoms with Crippen LogP contribution in [-0.4, -0.2) is 210 Å². The molecule has 1 fully saturated rings. The summed E-state index contributed by atoms with van der Waals surface area (Å²) in [5.41, 5.74) is 0. The molecule has 24 nitrogen and oxygen atoms in total. The van der Waals surface area contributed by atoms with Crippen molar-refractivity contribution in [2.75, 3.05) is 91.9 Å². The zero-order chi connectivity index (χ0) is 86.4. The zero-order valence-corrected chi connectivity index (χ0v) is 75.3. The summed E-state index contributed by atoms with van der Waals surface area (Å²) < 4.78 is 31.4. The quantitative estimate of drug-likeness (QED) is 0.0169. The first kappa shape index (κ1) is 111. The molecular formula is C94H175N5O19. The van der Waals surface area contributed by atoms with E-state index in [9.17, 15) is 68.7 Å². The van der Waals surface area contributed by atoms with Gasteiger partial charge in [0.25, 0.3) is 0 Å². The lowest BCUT2D eigenvalue weighted by Gasteiger charge is -2.36. The fourth-order valence-corrected chi connectivity index (χ4v) is 16.2. The summed E-state index contributed by atoms with van der Waals surface area (Å²) in [5.74, 6) is -7.26. The molecule has 0 spiro atoms. The summed E-state index contributed by atoms with van der Waals surface area (Å²) in [6.45, 7) is 6.48. The van der Waals surface area contributed by atoms with Gasteiger partial charge in [0, 0.05) is 58.6 Å². The number of aliphatic carboxylic acids is 5. The van der Waals surface area contributed by atoms with Gasteiger partial charge in [0.2, 0.25) is 0 Å². The normalized spacial score (nSPS) is 14.6. The van der Waals surface area contributed by atoms with E-state index in [0.29, 0.717) is 32.5 Å². The van der Waals surface area contributed by atoms with Gasteiger partial charge in [0.1, 0.15) is 25.4 Å². The maximum atomic E-state index is 14.3. The number of esters is 3. The number of unbranched alkanes of at least 4 members (excludes halogenated alkanes) is 48. The Bertz CT molecular complexity index is 2380. The summed E-state index contributed by atoms with van der Waals surface area (Å²) in [7, 11) is 0. The zero-order valence-electron chi connectivity index (χ0n) is 75.3. The van der Waals surface area contributed by atoms with Gasteiger partial charge in [-0.3, -0.25) is 53.1 Å². The van der Waals surface area contributed by atoms with Gasteiger partial charge in [0.15, 0.2) is 6.10 Å². The van der Waals surface area contributed by atoms with E-state index in [1.54, 1.807) is 0 Å². The molecule has 0 aromatic heterocycles. The molecule has 0 radical (unpaired) electrons. The van der Waals surface area contributed by atoms with Crippen LogP contribution in [0.5, 0.6) is 0 Å². The standard InChI is InChI=1S/C94H175N5O19/c1-5-9-13-17-21-25-29-33-37-41-45-49-53-59-89(108)116-78-83(114-70-56-52-48-44-40-36-32-28-24-20-16-12-8-4)92(84(118-91(110)61-55-51-47-43-39-35-31-27-23-19-15-11-7-3)79-117-90(109)60-54-50-46-42-38-34-30-26-22-18-14-10-6-2)95-72-80-62-64-81(65-63-80)73-96-94(113)115-71-57-58-82(93(111)112)99(68-66-97(74-85(100)101)75-86(102)103)69-67-98(76-87(104)105)77-88(106)107/h80-84,92,95H,5-79H2,1-4H3,(H,96,113)(H,100,101)(H,102,103)(H,104,105)(H,106,107)(H,111,112). The van der Waals surface area contributed by atoms with Crippen molar-refractivity contribution in [2.24, 2.45) is 11.8 Å². The number of rotatable bonds is 89. The lowest BCUT2D eigenvalue weighted by Crippen LogP contribution is -2.56. The van der Waals surface area contributed by atoms with Crippen molar-refractivity contribution in [3.8, 4) is 0 Å². The van der Waals surface area contributed by atoms with Crippen molar-refractivity contribution in [1.29, 1.82) is 0 Å². The lowest BCUT2D eigenvalue weighted by molar-refractivity contribution is -0.167. The van der Waals surface area contributed by atoms with E-state index in [1.807, 2.05) is 0 Å². The minimum atomic E-state index is -1.30. The second kappa shape index (κ2) is 80.3. The number of ether oxygens (including phenoxy) is 5. The molecule has 7 N–H and O–H groups in total. The predicted molar refractivity (Wildman–Crippen MR) is 470 cm³/mol.